The molecular weight excluding hydrogens is 380 g/mol. The smallest absolute Gasteiger partial charge is 0.244 e. The molecule has 0 unspecified atom stereocenters. The Labute approximate surface area is 164 Å². The van der Waals surface area contributed by atoms with E-state index >= 15 is 0 Å². The summed E-state index contributed by atoms with van der Waals surface area (Å²) in [5.41, 5.74) is 1.97. The molecule has 0 amide bonds. The molecule has 1 aromatic carbocycles. The number of benzene rings is 1. The minimum absolute atomic E-state index is 0.268. The Bertz CT molecular complexity index is 983. The molecule has 0 spiro atoms. The zero-order valence-corrected chi connectivity index (χ0v) is 17.2. The average molecular weight is 405 g/mol. The van der Waals surface area contributed by atoms with Gasteiger partial charge in [-0.1, -0.05) is 55.9 Å². The van der Waals surface area contributed by atoms with E-state index in [9.17, 15) is 8.42 Å². The second kappa shape index (κ2) is 8.86. The molecule has 0 aliphatic rings. The van der Waals surface area contributed by atoms with Gasteiger partial charge in [-0.25, -0.2) is 8.42 Å². The molecule has 0 N–H and O–H groups in total. The molecule has 3 aromatic rings. The Morgan fingerprint density at radius 3 is 2.48 bits per heavy atom. The maximum Gasteiger partial charge on any atom is 0.244 e. The SMILES string of the molecule is CCN(CC)S(=O)(=O)c1ccc2nnc(SCCCc3ccccc3)n2c1. The van der Waals surface area contributed by atoms with Gasteiger partial charge in [0.25, 0.3) is 0 Å². The molecule has 8 heteroatoms. The van der Waals surface area contributed by atoms with E-state index in [1.807, 2.05) is 32.0 Å². The first-order valence-corrected chi connectivity index (χ1v) is 11.5. The first-order chi connectivity index (χ1) is 13.1. The minimum Gasteiger partial charge on any atom is -0.276 e. The number of fused-ring (bicyclic) bond motifs is 1. The molecule has 0 aliphatic heterocycles. The number of pyridine rings is 1. The summed E-state index contributed by atoms with van der Waals surface area (Å²) < 4.78 is 28.7. The van der Waals surface area contributed by atoms with Crippen LogP contribution in [-0.4, -0.2) is 46.2 Å². The highest BCUT2D eigenvalue weighted by Crippen LogP contribution is 2.22. The molecule has 0 saturated heterocycles. The van der Waals surface area contributed by atoms with Crippen molar-refractivity contribution in [3.8, 4) is 0 Å². The molecular formula is C19H24N4O2S2. The van der Waals surface area contributed by atoms with E-state index < -0.39 is 10.0 Å². The molecule has 0 aliphatic carbocycles. The zero-order valence-electron chi connectivity index (χ0n) is 15.6. The van der Waals surface area contributed by atoms with Crippen LogP contribution >= 0.6 is 11.8 Å². The van der Waals surface area contributed by atoms with Crippen LogP contribution in [0, 0.1) is 0 Å². The summed E-state index contributed by atoms with van der Waals surface area (Å²) in [7, 11) is -3.50. The molecule has 0 atom stereocenters. The van der Waals surface area contributed by atoms with E-state index in [2.05, 4.69) is 22.3 Å². The van der Waals surface area contributed by atoms with Crippen molar-refractivity contribution in [1.29, 1.82) is 0 Å². The van der Waals surface area contributed by atoms with Crippen molar-refractivity contribution < 1.29 is 8.42 Å². The molecule has 0 fully saturated rings. The van der Waals surface area contributed by atoms with Crippen LogP contribution in [-0.2, 0) is 16.4 Å². The summed E-state index contributed by atoms with van der Waals surface area (Å²) in [6.45, 7) is 4.57. The van der Waals surface area contributed by atoms with Gasteiger partial charge in [0.05, 0.1) is 4.90 Å². The predicted octanol–water partition coefficient (Wildman–Crippen LogP) is 3.48. The largest absolute Gasteiger partial charge is 0.276 e. The Kier molecular flexibility index (Phi) is 6.51. The lowest BCUT2D eigenvalue weighted by Crippen LogP contribution is -2.30. The van der Waals surface area contributed by atoms with Crippen LogP contribution in [0.1, 0.15) is 25.8 Å². The summed E-state index contributed by atoms with van der Waals surface area (Å²) in [6.07, 6.45) is 3.65. The molecule has 3 rings (SSSR count). The third-order valence-corrected chi connectivity index (χ3v) is 7.43. The van der Waals surface area contributed by atoms with Crippen molar-refractivity contribution in [2.45, 2.75) is 36.7 Å². The maximum absolute atomic E-state index is 12.8. The quantitative estimate of drug-likeness (QED) is 0.403. The van der Waals surface area contributed by atoms with Crippen molar-refractivity contribution >= 4 is 27.4 Å². The Balaban J connectivity index is 1.73. The fourth-order valence-electron chi connectivity index (χ4n) is 2.90. The van der Waals surface area contributed by atoms with E-state index in [1.165, 1.54) is 9.87 Å². The highest BCUT2D eigenvalue weighted by atomic mass is 32.2. The van der Waals surface area contributed by atoms with Crippen molar-refractivity contribution in [3.63, 3.8) is 0 Å². The van der Waals surface area contributed by atoms with Gasteiger partial charge >= 0.3 is 0 Å². The second-order valence-electron chi connectivity index (χ2n) is 6.10. The Hall–Kier alpha value is -1.90. The third-order valence-electron chi connectivity index (χ3n) is 4.37. The summed E-state index contributed by atoms with van der Waals surface area (Å²) in [6, 6.07) is 13.7. The minimum atomic E-state index is -3.50. The number of thioether (sulfide) groups is 1. The molecule has 27 heavy (non-hydrogen) atoms. The van der Waals surface area contributed by atoms with Crippen LogP contribution in [0.4, 0.5) is 0 Å². The Morgan fingerprint density at radius 2 is 1.78 bits per heavy atom. The maximum atomic E-state index is 12.8. The summed E-state index contributed by atoms with van der Waals surface area (Å²) in [4.78, 5) is 0.268. The average Bonchev–Trinajstić information content (AvgIpc) is 3.09. The number of sulfonamides is 1. The van der Waals surface area contributed by atoms with Crippen molar-refractivity contribution in [2.75, 3.05) is 18.8 Å². The standard InChI is InChI=1S/C19H24N4O2S2/c1-3-22(4-2)27(24,25)17-12-13-18-20-21-19(23(18)15-17)26-14-8-11-16-9-6-5-7-10-16/h5-7,9-10,12-13,15H,3-4,8,11,14H2,1-2H3. The predicted molar refractivity (Wildman–Crippen MR) is 109 cm³/mol. The Morgan fingerprint density at radius 1 is 1.04 bits per heavy atom. The topological polar surface area (TPSA) is 67.6 Å². The van der Waals surface area contributed by atoms with Crippen LogP contribution in [0.2, 0.25) is 0 Å². The summed E-state index contributed by atoms with van der Waals surface area (Å²) in [5.74, 6) is 0.892. The fourth-order valence-corrected chi connectivity index (χ4v) is 5.21. The molecule has 2 aromatic heterocycles. The first-order valence-electron chi connectivity index (χ1n) is 9.08. The van der Waals surface area contributed by atoms with Gasteiger partial charge in [0.15, 0.2) is 10.8 Å². The van der Waals surface area contributed by atoms with E-state index in [4.69, 9.17) is 0 Å². The van der Waals surface area contributed by atoms with Crippen LogP contribution < -0.4 is 0 Å². The van der Waals surface area contributed by atoms with E-state index in [0.717, 1.165) is 23.8 Å². The zero-order chi connectivity index (χ0) is 19.3. The van der Waals surface area contributed by atoms with Crippen LogP contribution in [0.15, 0.2) is 58.7 Å². The molecule has 144 valence electrons. The first kappa shape index (κ1) is 19.9. The fraction of sp³-hybridized carbons (Fsp3) is 0.368. The number of aryl methyl sites for hydroxylation is 1. The van der Waals surface area contributed by atoms with Crippen LogP contribution in [0.25, 0.3) is 5.65 Å². The van der Waals surface area contributed by atoms with Gasteiger partial charge in [0.1, 0.15) is 0 Å². The monoisotopic (exact) mass is 404 g/mol. The number of hydrogen-bond acceptors (Lipinski definition) is 5. The van der Waals surface area contributed by atoms with Crippen molar-refractivity contribution in [2.24, 2.45) is 0 Å². The lowest BCUT2D eigenvalue weighted by atomic mass is 10.1. The van der Waals surface area contributed by atoms with Crippen molar-refractivity contribution in [3.05, 3.63) is 54.2 Å². The van der Waals surface area contributed by atoms with Gasteiger partial charge in [-0.2, -0.15) is 4.31 Å². The lowest BCUT2D eigenvalue weighted by molar-refractivity contribution is 0.445. The van der Waals surface area contributed by atoms with Gasteiger partial charge in [-0.15, -0.1) is 10.2 Å². The highest BCUT2D eigenvalue weighted by molar-refractivity contribution is 7.99. The van der Waals surface area contributed by atoms with Crippen LogP contribution in [0.5, 0.6) is 0 Å². The molecule has 0 saturated carbocycles. The van der Waals surface area contributed by atoms with Gasteiger partial charge in [-0.3, -0.25) is 4.40 Å². The molecule has 6 nitrogen and oxygen atoms in total. The van der Waals surface area contributed by atoms with Crippen LogP contribution in [0.3, 0.4) is 0 Å². The summed E-state index contributed by atoms with van der Waals surface area (Å²) in [5, 5.41) is 9.08. The normalized spacial score (nSPS) is 12.1. The number of rotatable bonds is 9. The highest BCUT2D eigenvalue weighted by Gasteiger charge is 2.22. The number of hydrogen-bond donors (Lipinski definition) is 0. The van der Waals surface area contributed by atoms with Gasteiger partial charge in [0, 0.05) is 25.0 Å². The molecule has 0 radical (unpaired) electrons. The molecule has 0 bridgehead atoms. The lowest BCUT2D eigenvalue weighted by Gasteiger charge is -2.18. The third kappa shape index (κ3) is 4.51. The van der Waals surface area contributed by atoms with Crippen molar-refractivity contribution in [1.82, 2.24) is 18.9 Å². The van der Waals surface area contributed by atoms with E-state index in [0.29, 0.717) is 18.7 Å². The van der Waals surface area contributed by atoms with Gasteiger partial charge in [-0.05, 0) is 30.5 Å². The van der Waals surface area contributed by atoms with E-state index in [-0.39, 0.29) is 4.90 Å². The number of aromatic nitrogens is 3. The summed E-state index contributed by atoms with van der Waals surface area (Å²) >= 11 is 1.60. The second-order valence-corrected chi connectivity index (χ2v) is 9.10. The van der Waals surface area contributed by atoms with Gasteiger partial charge < -0.3 is 0 Å². The number of nitrogens with zero attached hydrogens (tertiary/aromatic N) is 4. The molecule has 2 heterocycles. The van der Waals surface area contributed by atoms with Gasteiger partial charge in [0.2, 0.25) is 10.0 Å². The van der Waals surface area contributed by atoms with E-state index in [1.54, 1.807) is 34.5 Å².